The van der Waals surface area contributed by atoms with Gasteiger partial charge in [0, 0.05) is 13.4 Å². The van der Waals surface area contributed by atoms with Crippen molar-refractivity contribution in [1.82, 2.24) is 0 Å². The van der Waals surface area contributed by atoms with E-state index in [-0.39, 0.29) is 11.4 Å². The molecule has 0 saturated heterocycles. The highest BCUT2D eigenvalue weighted by Crippen LogP contribution is 2.21. The summed E-state index contributed by atoms with van der Waals surface area (Å²) in [4.78, 5) is 21.5. The van der Waals surface area contributed by atoms with E-state index in [1.807, 2.05) is 0 Å². The second kappa shape index (κ2) is 5.43. The molecule has 0 spiro atoms. The molecule has 0 aliphatic carbocycles. The van der Waals surface area contributed by atoms with Crippen molar-refractivity contribution in [3.8, 4) is 0 Å². The largest absolute Gasteiger partial charge is 0.463 e. The number of hydrogen-bond donors (Lipinski definition) is 2. The number of benzene rings is 1. The third kappa shape index (κ3) is 2.61. The van der Waals surface area contributed by atoms with Crippen LogP contribution in [0, 0.1) is 0 Å². The van der Waals surface area contributed by atoms with Crippen LogP contribution in [-0.4, -0.2) is 35.8 Å². The van der Waals surface area contributed by atoms with Gasteiger partial charge in [-0.05, 0) is 24.3 Å². The second-order valence-electron chi connectivity index (χ2n) is 2.99. The minimum absolute atomic E-state index is 0.232. The summed E-state index contributed by atoms with van der Waals surface area (Å²) >= 11 is 0. The Balaban J connectivity index is 3.05. The quantitative estimate of drug-likeness (QED) is 0.628. The van der Waals surface area contributed by atoms with Crippen LogP contribution in [0.25, 0.3) is 0 Å². The third-order valence-corrected chi connectivity index (χ3v) is 1.98. The summed E-state index contributed by atoms with van der Waals surface area (Å²) < 4.78 is 0. The van der Waals surface area contributed by atoms with Crippen LogP contribution in [0.15, 0.2) is 34.5 Å². The molecule has 0 heterocycles. The zero-order valence-electron chi connectivity index (χ0n) is 9.22. The molecule has 1 rings (SSSR count). The molecule has 0 aromatic heterocycles. The molecule has 8 heteroatoms. The van der Waals surface area contributed by atoms with Gasteiger partial charge in [-0.25, -0.2) is 9.59 Å². The molecule has 1 aromatic carbocycles. The smallest absolute Gasteiger partial charge is 0.432 e. The van der Waals surface area contributed by atoms with Crippen molar-refractivity contribution >= 4 is 37.0 Å². The van der Waals surface area contributed by atoms with Crippen molar-refractivity contribution in [3.63, 3.8) is 0 Å². The molecule has 2 N–H and O–H groups in total. The van der Waals surface area contributed by atoms with Crippen LogP contribution in [0.5, 0.6) is 0 Å². The fraction of sp³-hybridized carbons (Fsp3) is 0. The highest BCUT2D eigenvalue weighted by Gasteiger charge is 2.15. The number of anilines is 2. The highest BCUT2D eigenvalue weighted by molar-refractivity contribution is 5.88. The number of rotatable bonds is 4. The first-order valence-electron chi connectivity index (χ1n) is 4.60. The lowest BCUT2D eigenvalue weighted by Gasteiger charge is -2.15. The average Bonchev–Trinajstić information content (AvgIpc) is 2.32. The van der Waals surface area contributed by atoms with Gasteiger partial charge in [0.25, 0.3) is 0 Å². The Bertz CT molecular complexity index is 440. The molecule has 0 aliphatic rings. The fourth-order valence-corrected chi connectivity index (χ4v) is 1.24. The first-order chi connectivity index (χ1) is 8.51. The van der Waals surface area contributed by atoms with Crippen molar-refractivity contribution in [3.05, 3.63) is 24.3 Å². The van der Waals surface area contributed by atoms with Gasteiger partial charge in [-0.1, -0.05) is 0 Å². The van der Waals surface area contributed by atoms with Crippen molar-refractivity contribution in [2.24, 2.45) is 10.2 Å². The molecule has 8 nitrogen and oxygen atoms in total. The number of carbonyl (C=O) groups is 2. The summed E-state index contributed by atoms with van der Waals surface area (Å²) in [5.41, 5.74) is 0.464. The summed E-state index contributed by atoms with van der Waals surface area (Å²) in [6, 6.07) is 5.50. The summed E-state index contributed by atoms with van der Waals surface area (Å²) in [5.74, 6) is 0. The van der Waals surface area contributed by atoms with Crippen LogP contribution >= 0.6 is 0 Å². The van der Waals surface area contributed by atoms with Crippen LogP contribution in [0.2, 0.25) is 0 Å². The van der Waals surface area contributed by atoms with E-state index in [1.165, 1.54) is 24.3 Å². The summed E-state index contributed by atoms with van der Waals surface area (Å²) in [5, 5.41) is 25.5. The van der Waals surface area contributed by atoms with Gasteiger partial charge < -0.3 is 10.2 Å². The second-order valence-corrected chi connectivity index (χ2v) is 2.99. The molecule has 2 amide bonds. The molecule has 94 valence electrons. The number of nitrogens with zero attached hydrogens (tertiary/aromatic N) is 4. The molecule has 0 radical (unpaired) electrons. The van der Waals surface area contributed by atoms with Crippen LogP contribution < -0.4 is 10.0 Å². The van der Waals surface area contributed by atoms with Gasteiger partial charge in [0.1, 0.15) is 0 Å². The van der Waals surface area contributed by atoms with E-state index < -0.39 is 12.2 Å². The van der Waals surface area contributed by atoms with Gasteiger partial charge in [0.05, 0.1) is 11.4 Å². The number of hydrogen-bond acceptors (Lipinski definition) is 4. The number of amides is 2. The Hall–Kier alpha value is -2.90. The van der Waals surface area contributed by atoms with Crippen molar-refractivity contribution in [2.45, 2.75) is 0 Å². The molecule has 1 aromatic rings. The highest BCUT2D eigenvalue weighted by atomic mass is 16.4. The maximum atomic E-state index is 10.8. The Labute approximate surface area is 102 Å². The lowest BCUT2D eigenvalue weighted by atomic mass is 10.2. The number of carboxylic acid groups (broad SMARTS) is 2. The number of hydrazone groups is 2. The molecular weight excluding hydrogens is 240 g/mol. The standard InChI is InChI=1S/C10H10N4O4/c1-11-13(9(15)16)7-3-5-8(6-4-7)14(12-2)10(17)18/h3-6H,1-2H2,(H,15,16)(H,17,18). The van der Waals surface area contributed by atoms with E-state index in [1.54, 1.807) is 0 Å². The molecule has 0 bridgehead atoms. The first kappa shape index (κ1) is 13.2. The Morgan fingerprint density at radius 1 is 0.889 bits per heavy atom. The Kier molecular flexibility index (Phi) is 3.98. The molecule has 18 heavy (non-hydrogen) atoms. The first-order valence-corrected chi connectivity index (χ1v) is 4.60. The van der Waals surface area contributed by atoms with E-state index >= 15 is 0 Å². The summed E-state index contributed by atoms with van der Waals surface area (Å²) in [7, 11) is 0. The Morgan fingerprint density at radius 3 is 1.33 bits per heavy atom. The molecule has 0 aliphatic heterocycles. The van der Waals surface area contributed by atoms with Crippen LogP contribution in [0.3, 0.4) is 0 Å². The van der Waals surface area contributed by atoms with E-state index in [4.69, 9.17) is 10.2 Å². The van der Waals surface area contributed by atoms with Gasteiger partial charge >= 0.3 is 12.2 Å². The van der Waals surface area contributed by atoms with Gasteiger partial charge in [-0.15, -0.1) is 0 Å². The van der Waals surface area contributed by atoms with Gasteiger partial charge in [-0.2, -0.15) is 20.2 Å². The van der Waals surface area contributed by atoms with E-state index in [0.717, 1.165) is 0 Å². The summed E-state index contributed by atoms with van der Waals surface area (Å²) in [6.45, 7) is 6.25. The molecular formula is C10H10N4O4. The van der Waals surface area contributed by atoms with Crippen molar-refractivity contribution < 1.29 is 19.8 Å². The topological polar surface area (TPSA) is 106 Å². The lowest BCUT2D eigenvalue weighted by molar-refractivity contribution is 0.201. The van der Waals surface area contributed by atoms with Crippen LogP contribution in [-0.2, 0) is 0 Å². The summed E-state index contributed by atoms with van der Waals surface area (Å²) in [6.07, 6.45) is -2.59. The van der Waals surface area contributed by atoms with Crippen LogP contribution in [0.1, 0.15) is 0 Å². The predicted molar refractivity (Wildman–Crippen MR) is 66.5 cm³/mol. The monoisotopic (exact) mass is 250 g/mol. The van der Waals surface area contributed by atoms with Gasteiger partial charge in [0.2, 0.25) is 0 Å². The SMILES string of the molecule is C=NN(C(=O)O)c1ccc(N(N=C)C(=O)O)cc1. The maximum Gasteiger partial charge on any atom is 0.432 e. The normalized spacial score (nSPS) is 9.33. The zero-order valence-corrected chi connectivity index (χ0v) is 9.22. The zero-order chi connectivity index (χ0) is 13.7. The molecule has 0 saturated carbocycles. The molecule has 0 fully saturated rings. The minimum atomic E-state index is -1.30. The molecule has 0 atom stereocenters. The molecule has 0 unspecified atom stereocenters. The van der Waals surface area contributed by atoms with E-state index in [0.29, 0.717) is 10.0 Å². The van der Waals surface area contributed by atoms with Crippen molar-refractivity contribution in [2.75, 3.05) is 10.0 Å². The fourth-order valence-electron chi connectivity index (χ4n) is 1.24. The lowest BCUT2D eigenvalue weighted by Crippen LogP contribution is -2.24. The minimum Gasteiger partial charge on any atom is -0.463 e. The average molecular weight is 250 g/mol. The van der Waals surface area contributed by atoms with Crippen LogP contribution in [0.4, 0.5) is 21.0 Å². The van der Waals surface area contributed by atoms with E-state index in [2.05, 4.69) is 23.6 Å². The van der Waals surface area contributed by atoms with Crippen molar-refractivity contribution in [1.29, 1.82) is 0 Å². The maximum absolute atomic E-state index is 10.8. The predicted octanol–water partition coefficient (Wildman–Crippen LogP) is 1.89. The Morgan fingerprint density at radius 2 is 1.17 bits per heavy atom. The van der Waals surface area contributed by atoms with Gasteiger partial charge in [-0.3, -0.25) is 0 Å². The van der Waals surface area contributed by atoms with Gasteiger partial charge in [0.15, 0.2) is 0 Å². The third-order valence-electron chi connectivity index (χ3n) is 1.98. The van der Waals surface area contributed by atoms with E-state index in [9.17, 15) is 9.59 Å².